The van der Waals surface area contributed by atoms with Crippen LogP contribution < -0.4 is 0 Å². The Morgan fingerprint density at radius 2 is 1.80 bits per heavy atom. The summed E-state index contributed by atoms with van der Waals surface area (Å²) in [6.45, 7) is 0. The lowest BCUT2D eigenvalue weighted by molar-refractivity contribution is 0.109. The summed E-state index contributed by atoms with van der Waals surface area (Å²) in [6, 6.07) is 11.9. The second kappa shape index (κ2) is 4.66. The molecule has 20 heavy (non-hydrogen) atoms. The minimum absolute atomic E-state index is 0.0403. The van der Waals surface area contributed by atoms with Gasteiger partial charge in [0.1, 0.15) is 11.5 Å². The Hall–Kier alpha value is -2.88. The topological polar surface area (TPSA) is 67.5 Å². The van der Waals surface area contributed by atoms with Gasteiger partial charge in [-0.1, -0.05) is 18.2 Å². The van der Waals surface area contributed by atoms with Crippen molar-refractivity contribution in [1.82, 2.24) is 0 Å². The lowest BCUT2D eigenvalue weighted by Gasteiger charge is -2.05. The molecule has 0 aliphatic heterocycles. The molecule has 1 aromatic heterocycles. The van der Waals surface area contributed by atoms with Crippen LogP contribution in [0.15, 0.2) is 46.9 Å². The van der Waals surface area contributed by atoms with Crippen LogP contribution in [0.5, 0.6) is 5.75 Å². The largest absolute Gasteiger partial charge is 0.507 e. The second-order valence-corrected chi connectivity index (χ2v) is 4.37. The zero-order valence-corrected chi connectivity index (χ0v) is 10.4. The van der Waals surface area contributed by atoms with Gasteiger partial charge in [-0.15, -0.1) is 0 Å². The molecular weight excluding hydrogens is 256 g/mol. The van der Waals surface area contributed by atoms with Crippen LogP contribution in [0.25, 0.3) is 22.1 Å². The summed E-state index contributed by atoms with van der Waals surface area (Å²) in [4.78, 5) is 21.6. The van der Waals surface area contributed by atoms with Crippen LogP contribution in [0.2, 0.25) is 0 Å². The number of rotatable bonds is 3. The summed E-state index contributed by atoms with van der Waals surface area (Å²) in [5.74, 6) is 0.801. The Kier molecular flexibility index (Phi) is 2.84. The third-order valence-corrected chi connectivity index (χ3v) is 3.18. The van der Waals surface area contributed by atoms with Crippen molar-refractivity contribution in [3.63, 3.8) is 0 Å². The molecule has 0 bridgehead atoms. The molecule has 1 heterocycles. The number of aromatic hydroxyl groups is 1. The van der Waals surface area contributed by atoms with E-state index in [4.69, 9.17) is 4.42 Å². The quantitative estimate of drug-likeness (QED) is 0.737. The number of hydrogen-bond acceptors (Lipinski definition) is 4. The van der Waals surface area contributed by atoms with Gasteiger partial charge in [0.2, 0.25) is 0 Å². The Morgan fingerprint density at radius 3 is 2.50 bits per heavy atom. The first-order chi connectivity index (χ1) is 9.72. The standard InChI is InChI=1S/C16H10O4/c17-8-12-3-6-16(20-12)11-1-4-13-10(7-11)2-5-15(19)14(13)9-18/h1-9,19H. The summed E-state index contributed by atoms with van der Waals surface area (Å²) in [5.41, 5.74) is 1.07. The fourth-order valence-electron chi connectivity index (χ4n) is 2.19. The van der Waals surface area contributed by atoms with E-state index in [9.17, 15) is 14.7 Å². The molecule has 98 valence electrons. The molecule has 3 aromatic rings. The van der Waals surface area contributed by atoms with E-state index in [1.807, 2.05) is 6.07 Å². The van der Waals surface area contributed by atoms with Gasteiger partial charge in [-0.2, -0.15) is 0 Å². The van der Waals surface area contributed by atoms with Gasteiger partial charge in [0.15, 0.2) is 18.3 Å². The van der Waals surface area contributed by atoms with E-state index in [0.29, 0.717) is 23.7 Å². The van der Waals surface area contributed by atoms with Gasteiger partial charge in [-0.25, -0.2) is 0 Å². The summed E-state index contributed by atoms with van der Waals surface area (Å²) in [6.07, 6.45) is 1.28. The Labute approximate surface area is 114 Å². The molecule has 0 fully saturated rings. The van der Waals surface area contributed by atoms with Crippen molar-refractivity contribution < 1.29 is 19.1 Å². The molecule has 4 nitrogen and oxygen atoms in total. The van der Waals surface area contributed by atoms with Crippen LogP contribution in [0.3, 0.4) is 0 Å². The number of aldehydes is 2. The van der Waals surface area contributed by atoms with Crippen LogP contribution in [0.4, 0.5) is 0 Å². The van der Waals surface area contributed by atoms with Crippen molar-refractivity contribution in [3.05, 3.63) is 53.8 Å². The van der Waals surface area contributed by atoms with Crippen molar-refractivity contribution in [2.45, 2.75) is 0 Å². The fraction of sp³-hybridized carbons (Fsp3) is 0. The molecule has 2 aromatic carbocycles. The van der Waals surface area contributed by atoms with Crippen LogP contribution in [-0.4, -0.2) is 17.7 Å². The number of furan rings is 1. The molecule has 0 radical (unpaired) electrons. The Bertz CT molecular complexity index is 814. The minimum Gasteiger partial charge on any atom is -0.507 e. The molecule has 1 N–H and O–H groups in total. The zero-order chi connectivity index (χ0) is 14.1. The number of phenolic OH excluding ortho intramolecular Hbond substituents is 1. The molecule has 0 amide bonds. The number of phenols is 1. The van der Waals surface area contributed by atoms with Crippen molar-refractivity contribution >= 4 is 23.3 Å². The lowest BCUT2D eigenvalue weighted by Crippen LogP contribution is -1.85. The van der Waals surface area contributed by atoms with Crippen molar-refractivity contribution in [3.8, 4) is 17.1 Å². The lowest BCUT2D eigenvalue weighted by atomic mass is 10.0. The third kappa shape index (κ3) is 1.87. The molecule has 0 saturated carbocycles. The van der Waals surface area contributed by atoms with Gasteiger partial charge >= 0.3 is 0 Å². The highest BCUT2D eigenvalue weighted by Crippen LogP contribution is 2.30. The van der Waals surface area contributed by atoms with E-state index in [2.05, 4.69) is 0 Å². The van der Waals surface area contributed by atoms with Gasteiger partial charge in [-0.3, -0.25) is 9.59 Å². The van der Waals surface area contributed by atoms with Crippen LogP contribution in [0, 0.1) is 0 Å². The van der Waals surface area contributed by atoms with Crippen LogP contribution >= 0.6 is 0 Å². The van der Waals surface area contributed by atoms with Crippen molar-refractivity contribution in [1.29, 1.82) is 0 Å². The fourth-order valence-corrected chi connectivity index (χ4v) is 2.19. The van der Waals surface area contributed by atoms with Crippen LogP contribution in [0.1, 0.15) is 20.9 Å². The van der Waals surface area contributed by atoms with Gasteiger partial charge < -0.3 is 9.52 Å². The summed E-state index contributed by atoms with van der Waals surface area (Å²) in [5, 5.41) is 11.1. The summed E-state index contributed by atoms with van der Waals surface area (Å²) in [7, 11) is 0. The van der Waals surface area contributed by atoms with E-state index >= 15 is 0 Å². The van der Waals surface area contributed by atoms with E-state index in [1.165, 1.54) is 6.07 Å². The molecule has 0 aliphatic rings. The predicted octanol–water partition coefficient (Wildman–Crippen LogP) is 3.43. The smallest absolute Gasteiger partial charge is 0.185 e. The van der Waals surface area contributed by atoms with E-state index in [-0.39, 0.29) is 17.1 Å². The maximum Gasteiger partial charge on any atom is 0.185 e. The second-order valence-electron chi connectivity index (χ2n) is 4.37. The van der Waals surface area contributed by atoms with Gasteiger partial charge in [0.05, 0.1) is 5.56 Å². The number of carbonyl (C=O) groups is 2. The molecular formula is C16H10O4. The molecule has 3 rings (SSSR count). The summed E-state index contributed by atoms with van der Waals surface area (Å²) < 4.78 is 5.36. The number of hydrogen-bond donors (Lipinski definition) is 1. The maximum absolute atomic E-state index is 11.0. The molecule has 0 spiro atoms. The first-order valence-corrected chi connectivity index (χ1v) is 5.99. The minimum atomic E-state index is -0.0403. The normalized spacial score (nSPS) is 10.6. The molecule has 0 saturated heterocycles. The molecule has 0 unspecified atom stereocenters. The Balaban J connectivity index is 2.18. The average molecular weight is 266 g/mol. The maximum atomic E-state index is 11.0. The number of benzene rings is 2. The average Bonchev–Trinajstić information content (AvgIpc) is 2.95. The predicted molar refractivity (Wildman–Crippen MR) is 74.1 cm³/mol. The first kappa shape index (κ1) is 12.2. The van der Waals surface area contributed by atoms with Gasteiger partial charge in [0.25, 0.3) is 0 Å². The van der Waals surface area contributed by atoms with Crippen LogP contribution in [-0.2, 0) is 0 Å². The van der Waals surface area contributed by atoms with Gasteiger partial charge in [-0.05, 0) is 35.0 Å². The highest BCUT2D eigenvalue weighted by atomic mass is 16.3. The molecule has 0 atom stereocenters. The number of fused-ring (bicyclic) bond motifs is 1. The highest BCUT2D eigenvalue weighted by molar-refractivity contribution is 6.01. The number of carbonyl (C=O) groups excluding carboxylic acids is 2. The monoisotopic (exact) mass is 266 g/mol. The van der Waals surface area contributed by atoms with Gasteiger partial charge in [0, 0.05) is 5.56 Å². The Morgan fingerprint density at radius 1 is 0.950 bits per heavy atom. The molecule has 4 heteroatoms. The first-order valence-electron chi connectivity index (χ1n) is 5.99. The summed E-state index contributed by atoms with van der Waals surface area (Å²) >= 11 is 0. The SMILES string of the molecule is O=Cc1ccc(-c2ccc3c(C=O)c(O)ccc3c2)o1. The van der Waals surface area contributed by atoms with E-state index in [0.717, 1.165) is 10.9 Å². The zero-order valence-electron chi connectivity index (χ0n) is 10.4. The van der Waals surface area contributed by atoms with Crippen molar-refractivity contribution in [2.24, 2.45) is 0 Å². The van der Waals surface area contributed by atoms with E-state index in [1.54, 1.807) is 30.3 Å². The highest BCUT2D eigenvalue weighted by Gasteiger charge is 2.09. The molecule has 0 aliphatic carbocycles. The third-order valence-electron chi connectivity index (χ3n) is 3.18. The van der Waals surface area contributed by atoms with Crippen molar-refractivity contribution in [2.75, 3.05) is 0 Å². The van der Waals surface area contributed by atoms with E-state index < -0.39 is 0 Å².